The molecule has 2 amide bonds. The van der Waals surface area contributed by atoms with Gasteiger partial charge in [-0.1, -0.05) is 18.2 Å². The highest BCUT2D eigenvalue weighted by atomic mass is 32.2. The molecule has 10 heteroatoms. The predicted octanol–water partition coefficient (Wildman–Crippen LogP) is 3.25. The normalized spacial score (nSPS) is 16.1. The molecule has 0 saturated heterocycles. The number of rotatable bonds is 8. The van der Waals surface area contributed by atoms with Crippen molar-refractivity contribution in [2.75, 3.05) is 25.2 Å². The molecule has 0 unspecified atom stereocenters. The van der Waals surface area contributed by atoms with Gasteiger partial charge in [0.05, 0.1) is 39.9 Å². The van der Waals surface area contributed by atoms with E-state index in [9.17, 15) is 23.7 Å². The van der Waals surface area contributed by atoms with E-state index in [2.05, 4.69) is 16.1 Å². The molecular weight excluding hydrogens is 454 g/mol. The van der Waals surface area contributed by atoms with Gasteiger partial charge in [0.15, 0.2) is 0 Å². The van der Waals surface area contributed by atoms with Crippen molar-refractivity contribution in [3.05, 3.63) is 70.4 Å². The number of ether oxygens (including phenoxy) is 1. The molecule has 1 aliphatic rings. The number of nitriles is 2. The van der Waals surface area contributed by atoms with Gasteiger partial charge in [-0.3, -0.25) is 4.90 Å². The monoisotopic (exact) mass is 479 g/mol. The Balaban J connectivity index is 2.10. The van der Waals surface area contributed by atoms with E-state index in [1.54, 1.807) is 13.0 Å². The molecule has 0 spiro atoms. The van der Waals surface area contributed by atoms with E-state index >= 15 is 0 Å². The minimum absolute atomic E-state index is 0.129. The highest BCUT2D eigenvalue weighted by molar-refractivity contribution is 7.89. The van der Waals surface area contributed by atoms with E-state index < -0.39 is 22.1 Å². The Bertz CT molecular complexity index is 1320. The Morgan fingerprint density at radius 1 is 1.15 bits per heavy atom. The average Bonchev–Trinajstić information content (AvgIpc) is 2.81. The molecule has 9 nitrogen and oxygen atoms in total. The molecule has 1 aliphatic heterocycles. The van der Waals surface area contributed by atoms with E-state index in [4.69, 9.17) is 4.74 Å². The Hall–Kier alpha value is -3.70. The summed E-state index contributed by atoms with van der Waals surface area (Å²) >= 11 is 0. The second kappa shape index (κ2) is 10.5. The van der Waals surface area contributed by atoms with Crippen LogP contribution in [0.3, 0.4) is 0 Å². The second-order valence-corrected chi connectivity index (χ2v) is 9.51. The van der Waals surface area contributed by atoms with Crippen molar-refractivity contribution >= 4 is 21.7 Å². The van der Waals surface area contributed by atoms with Gasteiger partial charge in [0, 0.05) is 26.0 Å². The first-order valence-electron chi connectivity index (χ1n) is 10.5. The summed E-state index contributed by atoms with van der Waals surface area (Å²) < 4.78 is 33.7. The minimum atomic E-state index is -4.04. The molecule has 2 aromatic carbocycles. The number of carbonyl (C=O) groups excluding carboxylic acids is 1. The maximum absolute atomic E-state index is 13.1. The van der Waals surface area contributed by atoms with Gasteiger partial charge in [0.1, 0.15) is 0 Å². The third kappa shape index (κ3) is 5.10. The SMILES string of the molecule is COCCCNS(=O)(=O)c1cc(C#N)ccc1[C@H]1NC(=O)N(c2cccc(C)c2)C(C)=C1C#N. The van der Waals surface area contributed by atoms with Crippen LogP contribution in [0.1, 0.15) is 36.1 Å². The fraction of sp³-hybridized carbons (Fsp3) is 0.292. The number of amides is 2. The summed E-state index contributed by atoms with van der Waals surface area (Å²) in [6.45, 7) is 4.05. The van der Waals surface area contributed by atoms with Crippen LogP contribution in [0.4, 0.5) is 10.5 Å². The van der Waals surface area contributed by atoms with E-state index in [0.29, 0.717) is 24.4 Å². The molecular formula is C24H25N5O4S. The molecule has 2 aromatic rings. The number of allylic oxidation sites excluding steroid dienone is 1. The Kier molecular flexibility index (Phi) is 7.69. The summed E-state index contributed by atoms with van der Waals surface area (Å²) in [4.78, 5) is 14.4. The highest BCUT2D eigenvalue weighted by Gasteiger charge is 2.36. The van der Waals surface area contributed by atoms with Crippen molar-refractivity contribution in [1.29, 1.82) is 10.5 Å². The summed E-state index contributed by atoms with van der Waals surface area (Å²) in [7, 11) is -2.52. The van der Waals surface area contributed by atoms with Crippen LogP contribution in [-0.2, 0) is 14.8 Å². The smallest absolute Gasteiger partial charge is 0.327 e. The van der Waals surface area contributed by atoms with Crippen molar-refractivity contribution in [2.24, 2.45) is 0 Å². The van der Waals surface area contributed by atoms with Gasteiger partial charge >= 0.3 is 6.03 Å². The lowest BCUT2D eigenvalue weighted by molar-refractivity contribution is 0.196. The Morgan fingerprint density at radius 3 is 2.56 bits per heavy atom. The number of nitrogens with zero attached hydrogens (tertiary/aromatic N) is 3. The molecule has 0 aliphatic carbocycles. The number of hydrogen-bond acceptors (Lipinski definition) is 6. The van der Waals surface area contributed by atoms with Crippen molar-refractivity contribution in [1.82, 2.24) is 10.0 Å². The van der Waals surface area contributed by atoms with Gasteiger partial charge in [-0.2, -0.15) is 10.5 Å². The fourth-order valence-corrected chi connectivity index (χ4v) is 5.12. The molecule has 0 saturated carbocycles. The van der Waals surface area contributed by atoms with Gasteiger partial charge in [-0.25, -0.2) is 17.9 Å². The summed E-state index contributed by atoms with van der Waals surface area (Å²) in [5.41, 5.74) is 2.46. The number of urea groups is 1. The van der Waals surface area contributed by atoms with E-state index in [-0.39, 0.29) is 28.1 Å². The number of hydrogen-bond donors (Lipinski definition) is 2. The molecule has 1 atom stereocenters. The summed E-state index contributed by atoms with van der Waals surface area (Å²) in [5, 5.41) is 22.1. The fourth-order valence-electron chi connectivity index (χ4n) is 3.77. The quantitative estimate of drug-likeness (QED) is 0.558. The Labute approximate surface area is 199 Å². The molecule has 34 heavy (non-hydrogen) atoms. The van der Waals surface area contributed by atoms with Crippen molar-refractivity contribution in [3.63, 3.8) is 0 Å². The number of aryl methyl sites for hydroxylation is 1. The number of methoxy groups -OCH3 is 1. The summed E-state index contributed by atoms with van der Waals surface area (Å²) in [6, 6.07) is 14.0. The number of carbonyl (C=O) groups is 1. The van der Waals surface area contributed by atoms with E-state index in [1.165, 1.54) is 30.2 Å². The van der Waals surface area contributed by atoms with Gasteiger partial charge in [-0.15, -0.1) is 0 Å². The van der Waals surface area contributed by atoms with Crippen LogP contribution in [0.5, 0.6) is 0 Å². The van der Waals surface area contributed by atoms with Crippen LogP contribution in [0.2, 0.25) is 0 Å². The number of anilines is 1. The zero-order valence-electron chi connectivity index (χ0n) is 19.1. The van der Waals surface area contributed by atoms with E-state index in [1.807, 2.05) is 31.2 Å². The molecule has 3 rings (SSSR count). The first-order chi connectivity index (χ1) is 16.2. The van der Waals surface area contributed by atoms with Crippen molar-refractivity contribution in [2.45, 2.75) is 31.2 Å². The average molecular weight is 480 g/mol. The standard InChI is InChI=1S/C24H25N5O4S/c1-16-6-4-7-19(12-16)29-17(2)21(15-26)23(28-24(29)30)20-9-8-18(14-25)13-22(20)34(31,32)27-10-5-11-33-3/h4,6-9,12-13,23,27H,5,10-11H2,1-3H3,(H,28,30)/t23-/m1/s1. The number of sulfonamides is 1. The molecule has 0 bridgehead atoms. The number of nitrogens with one attached hydrogen (secondary N) is 2. The summed E-state index contributed by atoms with van der Waals surface area (Å²) in [5.74, 6) is 0. The lowest BCUT2D eigenvalue weighted by Gasteiger charge is -2.34. The highest BCUT2D eigenvalue weighted by Crippen LogP contribution is 2.36. The van der Waals surface area contributed by atoms with E-state index in [0.717, 1.165) is 5.56 Å². The van der Waals surface area contributed by atoms with Crippen LogP contribution in [0.25, 0.3) is 0 Å². The maximum Gasteiger partial charge on any atom is 0.327 e. The largest absolute Gasteiger partial charge is 0.385 e. The van der Waals surface area contributed by atoms with Crippen LogP contribution in [0.15, 0.2) is 58.6 Å². The van der Waals surface area contributed by atoms with Crippen LogP contribution < -0.4 is 14.9 Å². The molecule has 0 fully saturated rings. The van der Waals surface area contributed by atoms with Crippen LogP contribution in [-0.4, -0.2) is 34.7 Å². The zero-order chi connectivity index (χ0) is 24.9. The maximum atomic E-state index is 13.1. The third-order valence-corrected chi connectivity index (χ3v) is 6.94. The number of benzene rings is 2. The van der Waals surface area contributed by atoms with Gasteiger partial charge < -0.3 is 10.1 Å². The third-order valence-electron chi connectivity index (χ3n) is 5.43. The van der Waals surface area contributed by atoms with Crippen LogP contribution >= 0.6 is 0 Å². The lowest BCUT2D eigenvalue weighted by Crippen LogP contribution is -2.47. The Morgan fingerprint density at radius 2 is 1.91 bits per heavy atom. The molecule has 2 N–H and O–H groups in total. The van der Waals surface area contributed by atoms with Crippen LogP contribution in [0, 0.1) is 29.6 Å². The molecule has 1 heterocycles. The molecule has 176 valence electrons. The zero-order valence-corrected chi connectivity index (χ0v) is 19.9. The predicted molar refractivity (Wildman–Crippen MR) is 126 cm³/mol. The van der Waals surface area contributed by atoms with Crippen molar-refractivity contribution < 1.29 is 17.9 Å². The summed E-state index contributed by atoms with van der Waals surface area (Å²) in [6.07, 6.45) is 0.455. The second-order valence-electron chi connectivity index (χ2n) is 7.78. The van der Waals surface area contributed by atoms with Gasteiger partial charge in [0.2, 0.25) is 10.0 Å². The van der Waals surface area contributed by atoms with Gasteiger partial charge in [0.25, 0.3) is 0 Å². The van der Waals surface area contributed by atoms with Crippen molar-refractivity contribution in [3.8, 4) is 12.1 Å². The topological polar surface area (TPSA) is 135 Å². The van der Waals surface area contributed by atoms with Gasteiger partial charge in [-0.05, 0) is 55.7 Å². The molecule has 0 radical (unpaired) electrons. The molecule has 0 aromatic heterocycles. The minimum Gasteiger partial charge on any atom is -0.385 e. The first-order valence-corrected chi connectivity index (χ1v) is 12.0. The lowest BCUT2D eigenvalue weighted by atomic mass is 9.94. The first kappa shape index (κ1) is 24.9.